The molecule has 27 heavy (non-hydrogen) atoms. The maximum atomic E-state index is 11.5. The fraction of sp³-hybridized carbons (Fsp3) is 0.0500. The molecule has 0 radical (unpaired) electrons. The van der Waals surface area contributed by atoms with Crippen LogP contribution in [0.4, 0.5) is 5.69 Å². The van der Waals surface area contributed by atoms with E-state index in [4.69, 9.17) is 0 Å². The lowest BCUT2D eigenvalue weighted by molar-refractivity contribution is 0.0601. The van der Waals surface area contributed by atoms with E-state index in [1.165, 1.54) is 18.4 Å². The van der Waals surface area contributed by atoms with Crippen molar-refractivity contribution in [3.8, 4) is 17.3 Å². The molecule has 0 spiro atoms. The molecule has 0 unspecified atom stereocenters. The Bertz CT molecular complexity index is 1040. The van der Waals surface area contributed by atoms with Gasteiger partial charge in [-0.2, -0.15) is 5.26 Å². The SMILES string of the molecule is COC(=O)c1ccc(N/C=C(\C#N)c2nc(-c3cccc(Br)c3)cs2)cc1. The first-order valence-electron chi connectivity index (χ1n) is 7.87. The summed E-state index contributed by atoms with van der Waals surface area (Å²) in [4.78, 5) is 16.0. The van der Waals surface area contributed by atoms with Gasteiger partial charge >= 0.3 is 5.97 Å². The first kappa shape index (κ1) is 18.8. The molecule has 0 atom stereocenters. The summed E-state index contributed by atoms with van der Waals surface area (Å²) < 4.78 is 5.65. The molecule has 0 bridgehead atoms. The van der Waals surface area contributed by atoms with Gasteiger partial charge in [-0.3, -0.25) is 0 Å². The Labute approximate surface area is 169 Å². The topological polar surface area (TPSA) is 75.0 Å². The molecule has 2 aromatic carbocycles. The normalized spacial score (nSPS) is 10.9. The van der Waals surface area contributed by atoms with Crippen molar-refractivity contribution in [2.24, 2.45) is 0 Å². The Kier molecular flexibility index (Phi) is 6.01. The summed E-state index contributed by atoms with van der Waals surface area (Å²) >= 11 is 4.86. The van der Waals surface area contributed by atoms with Crippen molar-refractivity contribution in [2.75, 3.05) is 12.4 Å². The number of nitrogens with zero attached hydrogens (tertiary/aromatic N) is 2. The molecule has 3 aromatic rings. The number of ether oxygens (including phenoxy) is 1. The monoisotopic (exact) mass is 439 g/mol. The summed E-state index contributed by atoms with van der Waals surface area (Å²) in [6, 6.07) is 16.8. The highest BCUT2D eigenvalue weighted by molar-refractivity contribution is 9.10. The van der Waals surface area contributed by atoms with Crippen LogP contribution in [0.3, 0.4) is 0 Å². The van der Waals surface area contributed by atoms with Crippen LogP contribution in [0, 0.1) is 11.3 Å². The minimum Gasteiger partial charge on any atom is -0.465 e. The zero-order valence-electron chi connectivity index (χ0n) is 14.3. The second kappa shape index (κ2) is 8.62. The van der Waals surface area contributed by atoms with Gasteiger partial charge in [-0.25, -0.2) is 9.78 Å². The van der Waals surface area contributed by atoms with E-state index in [-0.39, 0.29) is 0 Å². The van der Waals surface area contributed by atoms with Gasteiger partial charge in [0.05, 0.1) is 18.4 Å². The molecule has 0 aliphatic heterocycles. The van der Waals surface area contributed by atoms with Crippen molar-refractivity contribution in [2.45, 2.75) is 0 Å². The summed E-state index contributed by atoms with van der Waals surface area (Å²) in [6.07, 6.45) is 1.61. The average molecular weight is 440 g/mol. The number of nitrogens with one attached hydrogen (secondary N) is 1. The van der Waals surface area contributed by atoms with E-state index in [1.54, 1.807) is 30.5 Å². The zero-order valence-corrected chi connectivity index (χ0v) is 16.7. The Morgan fingerprint density at radius 3 is 2.74 bits per heavy atom. The smallest absolute Gasteiger partial charge is 0.337 e. The highest BCUT2D eigenvalue weighted by atomic mass is 79.9. The van der Waals surface area contributed by atoms with Crippen LogP contribution in [0.1, 0.15) is 15.4 Å². The predicted molar refractivity (Wildman–Crippen MR) is 110 cm³/mol. The van der Waals surface area contributed by atoms with Crippen molar-refractivity contribution >= 4 is 44.5 Å². The predicted octanol–water partition coefficient (Wildman–Crippen LogP) is 5.34. The Balaban J connectivity index is 1.77. The van der Waals surface area contributed by atoms with Gasteiger partial charge in [-0.05, 0) is 36.4 Å². The molecule has 0 aliphatic rings. The van der Waals surface area contributed by atoms with Gasteiger partial charge in [-0.15, -0.1) is 11.3 Å². The third-order valence-corrected chi connectivity index (χ3v) is 5.03. The Morgan fingerprint density at radius 2 is 2.07 bits per heavy atom. The van der Waals surface area contributed by atoms with E-state index >= 15 is 0 Å². The second-order valence-electron chi connectivity index (χ2n) is 5.43. The molecule has 0 aliphatic carbocycles. The summed E-state index contributed by atoms with van der Waals surface area (Å²) in [6.45, 7) is 0. The number of carbonyl (C=O) groups is 1. The van der Waals surface area contributed by atoms with Gasteiger partial charge in [0.25, 0.3) is 0 Å². The fourth-order valence-electron chi connectivity index (χ4n) is 2.30. The number of hydrogen-bond acceptors (Lipinski definition) is 6. The number of allylic oxidation sites excluding steroid dienone is 1. The van der Waals surface area contributed by atoms with Crippen LogP contribution in [0.5, 0.6) is 0 Å². The molecular formula is C20H14BrN3O2S. The van der Waals surface area contributed by atoms with Crippen molar-refractivity contribution in [3.05, 3.63) is 75.2 Å². The molecule has 0 saturated heterocycles. The summed E-state index contributed by atoms with van der Waals surface area (Å²) in [5, 5.41) is 15.1. The van der Waals surface area contributed by atoms with Crippen LogP contribution >= 0.6 is 27.3 Å². The number of esters is 1. The molecule has 1 aromatic heterocycles. The maximum Gasteiger partial charge on any atom is 0.337 e. The van der Waals surface area contributed by atoms with E-state index in [1.807, 2.05) is 29.6 Å². The van der Waals surface area contributed by atoms with Crippen molar-refractivity contribution < 1.29 is 9.53 Å². The van der Waals surface area contributed by atoms with Crippen LogP contribution in [-0.4, -0.2) is 18.1 Å². The number of halogens is 1. The van der Waals surface area contributed by atoms with Crippen LogP contribution < -0.4 is 5.32 Å². The van der Waals surface area contributed by atoms with Crippen molar-refractivity contribution in [1.82, 2.24) is 4.98 Å². The third-order valence-electron chi connectivity index (χ3n) is 3.66. The molecule has 0 saturated carbocycles. The molecule has 7 heteroatoms. The van der Waals surface area contributed by atoms with Gasteiger partial charge in [0.2, 0.25) is 0 Å². The lowest BCUT2D eigenvalue weighted by atomic mass is 10.2. The quantitative estimate of drug-likeness (QED) is 0.429. The highest BCUT2D eigenvalue weighted by Gasteiger charge is 2.09. The van der Waals surface area contributed by atoms with E-state index in [0.717, 1.165) is 21.4 Å². The average Bonchev–Trinajstić information content (AvgIpc) is 3.18. The number of methoxy groups -OCH3 is 1. The number of rotatable bonds is 5. The Hall–Kier alpha value is -2.95. The molecule has 1 N–H and O–H groups in total. The number of aromatic nitrogens is 1. The van der Waals surface area contributed by atoms with E-state index < -0.39 is 5.97 Å². The minimum absolute atomic E-state index is 0.391. The zero-order chi connectivity index (χ0) is 19.2. The van der Waals surface area contributed by atoms with Crippen molar-refractivity contribution in [1.29, 1.82) is 5.26 Å². The molecule has 134 valence electrons. The molecule has 1 heterocycles. The highest BCUT2D eigenvalue weighted by Crippen LogP contribution is 2.27. The van der Waals surface area contributed by atoms with Gasteiger partial charge < -0.3 is 10.1 Å². The largest absolute Gasteiger partial charge is 0.465 e. The second-order valence-corrected chi connectivity index (χ2v) is 7.21. The van der Waals surface area contributed by atoms with E-state index in [9.17, 15) is 10.1 Å². The Morgan fingerprint density at radius 1 is 1.30 bits per heavy atom. The van der Waals surface area contributed by atoms with Gasteiger partial charge in [0.15, 0.2) is 0 Å². The molecule has 0 fully saturated rings. The summed E-state index contributed by atoms with van der Waals surface area (Å²) in [7, 11) is 1.34. The number of thiazole rings is 1. The standard InChI is InChI=1S/C20H14BrN3O2S/c1-26-20(25)13-5-7-17(8-6-13)23-11-15(10-22)19-24-18(12-27-19)14-3-2-4-16(21)9-14/h2-9,11-12,23H,1H3/b15-11+. The molecular weight excluding hydrogens is 426 g/mol. The number of hydrogen-bond donors (Lipinski definition) is 1. The number of carbonyl (C=O) groups excluding carboxylic acids is 1. The van der Waals surface area contributed by atoms with E-state index in [0.29, 0.717) is 16.1 Å². The first-order valence-corrected chi connectivity index (χ1v) is 9.55. The van der Waals surface area contributed by atoms with Crippen LogP contribution in [0.2, 0.25) is 0 Å². The fourth-order valence-corrected chi connectivity index (χ4v) is 3.49. The molecule has 3 rings (SSSR count). The third kappa shape index (κ3) is 4.61. The molecule has 0 amide bonds. The minimum atomic E-state index is -0.391. The lowest BCUT2D eigenvalue weighted by Gasteiger charge is -2.03. The summed E-state index contributed by atoms with van der Waals surface area (Å²) in [5.74, 6) is -0.391. The number of benzene rings is 2. The van der Waals surface area contributed by atoms with Crippen molar-refractivity contribution in [3.63, 3.8) is 0 Å². The van der Waals surface area contributed by atoms with Crippen LogP contribution in [0.15, 0.2) is 64.6 Å². The molecule has 5 nitrogen and oxygen atoms in total. The maximum absolute atomic E-state index is 11.5. The number of nitriles is 1. The van der Waals surface area contributed by atoms with E-state index in [2.05, 4.69) is 37.0 Å². The summed E-state index contributed by atoms with van der Waals surface area (Å²) in [5.41, 5.74) is 3.44. The van der Waals surface area contributed by atoms with Gasteiger partial charge in [-0.1, -0.05) is 28.1 Å². The van der Waals surface area contributed by atoms with Crippen LogP contribution in [-0.2, 0) is 4.74 Å². The lowest BCUT2D eigenvalue weighted by Crippen LogP contribution is -2.00. The van der Waals surface area contributed by atoms with Gasteiger partial charge in [0.1, 0.15) is 16.6 Å². The number of anilines is 1. The first-order chi connectivity index (χ1) is 13.1. The van der Waals surface area contributed by atoms with Gasteiger partial charge in [0, 0.05) is 27.3 Å². The van der Waals surface area contributed by atoms with Crippen LogP contribution in [0.25, 0.3) is 16.8 Å².